The molecule has 0 saturated heterocycles. The lowest BCUT2D eigenvalue weighted by atomic mass is 9.82. The van der Waals surface area contributed by atoms with Crippen LogP contribution in [0.1, 0.15) is 49.8 Å². The fourth-order valence-electron chi connectivity index (χ4n) is 3.32. The van der Waals surface area contributed by atoms with Crippen LogP contribution in [0.3, 0.4) is 0 Å². The third-order valence-corrected chi connectivity index (χ3v) is 4.51. The summed E-state index contributed by atoms with van der Waals surface area (Å²) < 4.78 is 6.18. The van der Waals surface area contributed by atoms with Crippen LogP contribution >= 0.6 is 12.4 Å². The number of rotatable bonds is 1. The Morgan fingerprint density at radius 1 is 1.37 bits per heavy atom. The van der Waals surface area contributed by atoms with E-state index in [1.165, 1.54) is 5.56 Å². The van der Waals surface area contributed by atoms with Gasteiger partial charge in [-0.3, -0.25) is 0 Å². The number of halogens is 1. The van der Waals surface area contributed by atoms with Gasteiger partial charge < -0.3 is 15.6 Å². The first-order valence-corrected chi connectivity index (χ1v) is 6.92. The molecular formula is C15H22ClNO2. The quantitative estimate of drug-likeness (QED) is 0.833. The van der Waals surface area contributed by atoms with E-state index in [4.69, 9.17) is 10.5 Å². The lowest BCUT2D eigenvalue weighted by Crippen LogP contribution is -2.56. The zero-order chi connectivity index (χ0) is 12.8. The summed E-state index contributed by atoms with van der Waals surface area (Å²) in [4.78, 5) is 0. The Bertz CT molecular complexity index is 457. The molecule has 1 fully saturated rings. The second-order valence-electron chi connectivity index (χ2n) is 5.57. The van der Waals surface area contributed by atoms with E-state index >= 15 is 0 Å². The minimum absolute atomic E-state index is 0. The third-order valence-electron chi connectivity index (χ3n) is 4.51. The molecule has 2 unspecified atom stereocenters. The van der Waals surface area contributed by atoms with E-state index in [0.29, 0.717) is 0 Å². The maximum absolute atomic E-state index is 10.5. The highest BCUT2D eigenvalue weighted by Crippen LogP contribution is 2.46. The number of aliphatic hydroxyl groups is 1. The van der Waals surface area contributed by atoms with Gasteiger partial charge in [0.15, 0.2) is 0 Å². The van der Waals surface area contributed by atoms with E-state index in [9.17, 15) is 5.11 Å². The highest BCUT2D eigenvalue weighted by molar-refractivity contribution is 5.85. The Balaban J connectivity index is 0.00000133. The van der Waals surface area contributed by atoms with Crippen LogP contribution in [0.5, 0.6) is 5.75 Å². The van der Waals surface area contributed by atoms with Crippen LogP contribution in [-0.4, -0.2) is 16.7 Å². The molecular weight excluding hydrogens is 262 g/mol. The molecule has 0 aromatic heterocycles. The van der Waals surface area contributed by atoms with Crippen LogP contribution in [-0.2, 0) is 6.42 Å². The molecule has 1 aliphatic carbocycles. The minimum Gasteiger partial charge on any atom is -0.485 e. The Hall–Kier alpha value is -0.770. The summed E-state index contributed by atoms with van der Waals surface area (Å²) in [5.41, 5.74) is 7.99. The van der Waals surface area contributed by atoms with Crippen LogP contribution in [0.15, 0.2) is 18.2 Å². The lowest BCUT2D eigenvalue weighted by Gasteiger charge is -2.43. The summed E-state index contributed by atoms with van der Waals surface area (Å²) in [6.45, 7) is 2.11. The van der Waals surface area contributed by atoms with Crippen LogP contribution in [0.25, 0.3) is 0 Å². The van der Waals surface area contributed by atoms with Crippen LogP contribution in [0, 0.1) is 0 Å². The maximum Gasteiger partial charge on any atom is 0.127 e. The first-order valence-electron chi connectivity index (χ1n) is 6.92. The van der Waals surface area contributed by atoms with E-state index in [0.717, 1.165) is 43.4 Å². The average molecular weight is 284 g/mol. The molecule has 1 spiro atoms. The van der Waals surface area contributed by atoms with E-state index in [1.807, 2.05) is 12.1 Å². The van der Waals surface area contributed by atoms with Crippen molar-refractivity contribution in [3.63, 3.8) is 0 Å². The molecule has 1 aromatic carbocycles. The lowest BCUT2D eigenvalue weighted by molar-refractivity contribution is -0.0316. The van der Waals surface area contributed by atoms with Gasteiger partial charge in [0.1, 0.15) is 17.5 Å². The second kappa shape index (κ2) is 5.31. The smallest absolute Gasteiger partial charge is 0.127 e. The van der Waals surface area contributed by atoms with Crippen LogP contribution in [0.4, 0.5) is 0 Å². The maximum atomic E-state index is 10.5. The molecule has 3 N–H and O–H groups in total. The number of hydrogen-bond acceptors (Lipinski definition) is 3. The molecule has 3 rings (SSSR count). The average Bonchev–Trinajstić information content (AvgIpc) is 2.85. The summed E-state index contributed by atoms with van der Waals surface area (Å²) in [5, 5.41) is 10.5. The van der Waals surface area contributed by atoms with Gasteiger partial charge in [-0.1, -0.05) is 13.0 Å². The van der Waals surface area contributed by atoms with Gasteiger partial charge in [-0.25, -0.2) is 0 Å². The van der Waals surface area contributed by atoms with Gasteiger partial charge in [-0.15, -0.1) is 12.4 Å². The molecule has 1 heterocycles. The van der Waals surface area contributed by atoms with Gasteiger partial charge in [0.05, 0.1) is 6.04 Å². The molecule has 4 heteroatoms. The zero-order valence-electron chi connectivity index (χ0n) is 11.3. The predicted molar refractivity (Wildman–Crippen MR) is 77.8 cm³/mol. The third kappa shape index (κ3) is 2.24. The van der Waals surface area contributed by atoms with Gasteiger partial charge in [0, 0.05) is 5.56 Å². The first kappa shape index (κ1) is 14.6. The molecule has 1 saturated carbocycles. The van der Waals surface area contributed by atoms with Crippen molar-refractivity contribution in [1.82, 2.24) is 0 Å². The van der Waals surface area contributed by atoms with Gasteiger partial charge in [-0.2, -0.15) is 0 Å². The summed E-state index contributed by atoms with van der Waals surface area (Å²) in [6, 6.07) is 5.79. The monoisotopic (exact) mass is 283 g/mol. The number of aryl methyl sites for hydroxylation is 1. The molecule has 0 bridgehead atoms. The highest BCUT2D eigenvalue weighted by atomic mass is 35.5. The largest absolute Gasteiger partial charge is 0.485 e. The molecule has 1 aromatic rings. The summed E-state index contributed by atoms with van der Waals surface area (Å²) in [5.74, 6) is 0.823. The predicted octanol–water partition coefficient (Wildman–Crippen LogP) is 2.74. The van der Waals surface area contributed by atoms with Crippen molar-refractivity contribution in [2.75, 3.05) is 0 Å². The number of nitrogens with two attached hydrogens (primary N) is 1. The van der Waals surface area contributed by atoms with Crippen molar-refractivity contribution in [3.05, 3.63) is 29.3 Å². The molecule has 106 valence electrons. The van der Waals surface area contributed by atoms with Crippen molar-refractivity contribution >= 4 is 12.4 Å². The normalized spacial score (nSPS) is 27.5. The summed E-state index contributed by atoms with van der Waals surface area (Å²) >= 11 is 0. The number of ether oxygens (including phenoxy) is 1. The highest BCUT2D eigenvalue weighted by Gasteiger charge is 2.49. The second-order valence-corrected chi connectivity index (χ2v) is 5.57. The van der Waals surface area contributed by atoms with E-state index < -0.39 is 6.10 Å². The van der Waals surface area contributed by atoms with Crippen LogP contribution in [0.2, 0.25) is 0 Å². The SMILES string of the molecule is CCc1ccc2c(c1)C(O)C(N)C1(CCCC1)O2.Cl. The van der Waals surface area contributed by atoms with Crippen LogP contribution < -0.4 is 10.5 Å². The molecule has 1 aliphatic heterocycles. The minimum atomic E-state index is -0.599. The standard InChI is InChI=1S/C15H21NO2.ClH/c1-2-10-5-6-12-11(9-10)13(17)14(16)15(18-12)7-3-4-8-15;/h5-6,9,13-14,17H,2-4,7-8,16H2,1H3;1H. The number of aliphatic hydroxyl groups excluding tert-OH is 1. The first-order chi connectivity index (χ1) is 8.66. The number of hydrogen-bond donors (Lipinski definition) is 2. The Labute approximate surface area is 120 Å². The Kier molecular flexibility index (Phi) is 4.09. The van der Waals surface area contributed by atoms with Gasteiger partial charge >= 0.3 is 0 Å². The fraction of sp³-hybridized carbons (Fsp3) is 0.600. The number of benzene rings is 1. The topological polar surface area (TPSA) is 55.5 Å². The Morgan fingerprint density at radius 2 is 2.05 bits per heavy atom. The van der Waals surface area contributed by atoms with Gasteiger partial charge in [0.2, 0.25) is 0 Å². The number of fused-ring (bicyclic) bond motifs is 1. The Morgan fingerprint density at radius 3 is 2.68 bits per heavy atom. The van der Waals surface area contributed by atoms with E-state index in [-0.39, 0.29) is 24.0 Å². The van der Waals surface area contributed by atoms with Crippen molar-refractivity contribution in [3.8, 4) is 5.75 Å². The summed E-state index contributed by atoms with van der Waals surface area (Å²) in [6.07, 6.45) is 4.56. The molecule has 2 aliphatic rings. The van der Waals surface area contributed by atoms with Gasteiger partial charge in [-0.05, 0) is 49.8 Å². The molecule has 19 heavy (non-hydrogen) atoms. The molecule has 3 nitrogen and oxygen atoms in total. The van der Waals surface area contributed by atoms with Crippen molar-refractivity contribution in [2.45, 2.75) is 56.8 Å². The molecule has 0 amide bonds. The molecule has 0 radical (unpaired) electrons. The van der Waals surface area contributed by atoms with Gasteiger partial charge in [0.25, 0.3) is 0 Å². The van der Waals surface area contributed by atoms with Crippen molar-refractivity contribution in [1.29, 1.82) is 0 Å². The molecule has 2 atom stereocenters. The van der Waals surface area contributed by atoms with E-state index in [1.54, 1.807) is 0 Å². The van der Waals surface area contributed by atoms with E-state index in [2.05, 4.69) is 13.0 Å². The fourth-order valence-corrected chi connectivity index (χ4v) is 3.32. The zero-order valence-corrected chi connectivity index (χ0v) is 12.1. The summed E-state index contributed by atoms with van der Waals surface area (Å²) in [7, 11) is 0. The van der Waals surface area contributed by atoms with Crippen molar-refractivity contribution < 1.29 is 9.84 Å². The van der Waals surface area contributed by atoms with Crippen molar-refractivity contribution in [2.24, 2.45) is 5.73 Å².